The van der Waals surface area contributed by atoms with Crippen LogP contribution in [0.25, 0.3) is 0 Å². The summed E-state index contributed by atoms with van der Waals surface area (Å²) in [6.07, 6.45) is 0. The van der Waals surface area contributed by atoms with E-state index in [0.717, 1.165) is 4.21 Å². The maximum Gasteiger partial charge on any atom is 0.113 e. The first kappa shape index (κ1) is 6.75. The van der Waals surface area contributed by atoms with E-state index in [9.17, 15) is 0 Å². The Hall–Kier alpha value is 0.630. The van der Waals surface area contributed by atoms with Gasteiger partial charge in [-0.25, -0.2) is 0 Å². The first-order valence-corrected chi connectivity index (χ1v) is 3.86. The maximum atomic E-state index is 5.57. The highest BCUT2D eigenvalue weighted by Gasteiger charge is 1.99. The van der Waals surface area contributed by atoms with E-state index in [-0.39, 0.29) is 0 Å². The Balaban J connectivity index is 3.14. The van der Waals surface area contributed by atoms with Crippen LogP contribution in [-0.2, 0) is 0 Å². The number of hydrogen-bond donors (Lipinski definition) is 1. The van der Waals surface area contributed by atoms with Crippen LogP contribution >= 0.6 is 47.2 Å². The van der Waals surface area contributed by atoms with Crippen molar-refractivity contribution in [1.29, 1.82) is 0 Å². The molecule has 0 unspecified atom stereocenters. The SMILES string of the molecule is Sc1cc(Cl)c(Cl)s1. The molecule has 0 aliphatic rings. The van der Waals surface area contributed by atoms with E-state index >= 15 is 0 Å². The van der Waals surface area contributed by atoms with Crippen molar-refractivity contribution in [3.8, 4) is 0 Å². The highest BCUT2D eigenvalue weighted by atomic mass is 35.5. The van der Waals surface area contributed by atoms with Gasteiger partial charge >= 0.3 is 0 Å². The zero-order valence-corrected chi connectivity index (χ0v) is 6.91. The molecule has 0 bridgehead atoms. The Morgan fingerprint density at radius 2 is 2.12 bits per heavy atom. The lowest BCUT2D eigenvalue weighted by atomic mass is 10.7. The lowest BCUT2D eigenvalue weighted by Crippen LogP contribution is -1.44. The minimum Gasteiger partial charge on any atom is -0.133 e. The molecule has 44 valence electrons. The summed E-state index contributed by atoms with van der Waals surface area (Å²) in [5.41, 5.74) is 0. The lowest BCUT2D eigenvalue weighted by molar-refractivity contribution is 1.76. The lowest BCUT2D eigenvalue weighted by Gasteiger charge is -1.73. The Morgan fingerprint density at radius 1 is 1.50 bits per heavy atom. The molecule has 4 heteroatoms. The van der Waals surface area contributed by atoms with E-state index in [1.54, 1.807) is 6.07 Å². The molecule has 8 heavy (non-hydrogen) atoms. The molecule has 0 saturated heterocycles. The van der Waals surface area contributed by atoms with Crippen LogP contribution < -0.4 is 0 Å². The van der Waals surface area contributed by atoms with Crippen LogP contribution in [0.15, 0.2) is 10.3 Å². The Kier molecular flexibility index (Phi) is 2.09. The second kappa shape index (κ2) is 2.48. The van der Waals surface area contributed by atoms with Gasteiger partial charge < -0.3 is 0 Å². The van der Waals surface area contributed by atoms with Crippen molar-refractivity contribution in [1.82, 2.24) is 0 Å². The van der Waals surface area contributed by atoms with Crippen LogP contribution in [0.5, 0.6) is 0 Å². The van der Waals surface area contributed by atoms with E-state index in [2.05, 4.69) is 12.6 Å². The highest BCUT2D eigenvalue weighted by molar-refractivity contribution is 7.83. The number of halogens is 2. The maximum absolute atomic E-state index is 5.57. The molecule has 0 saturated carbocycles. The highest BCUT2D eigenvalue weighted by Crippen LogP contribution is 2.33. The third kappa shape index (κ3) is 1.32. The van der Waals surface area contributed by atoms with Crippen LogP contribution in [0.2, 0.25) is 9.36 Å². The largest absolute Gasteiger partial charge is 0.133 e. The van der Waals surface area contributed by atoms with Gasteiger partial charge in [0.15, 0.2) is 0 Å². The molecule has 0 fully saturated rings. The van der Waals surface area contributed by atoms with Gasteiger partial charge in [0.1, 0.15) is 4.34 Å². The van der Waals surface area contributed by atoms with Gasteiger partial charge in [-0.05, 0) is 6.07 Å². The first-order valence-electron chi connectivity index (χ1n) is 1.84. The predicted molar refractivity (Wildman–Crippen MR) is 41.6 cm³/mol. The molecule has 1 aromatic heterocycles. The van der Waals surface area contributed by atoms with Gasteiger partial charge in [0.2, 0.25) is 0 Å². The average molecular weight is 185 g/mol. The summed E-state index contributed by atoms with van der Waals surface area (Å²) < 4.78 is 1.46. The average Bonchev–Trinajstić information content (AvgIpc) is 1.85. The van der Waals surface area contributed by atoms with E-state index in [1.807, 2.05) is 0 Å². The molecule has 0 atom stereocenters. The van der Waals surface area contributed by atoms with Gasteiger partial charge in [-0.1, -0.05) is 23.2 Å². The van der Waals surface area contributed by atoms with Crippen LogP contribution in [-0.4, -0.2) is 0 Å². The molecular formula is C4H2Cl2S2. The van der Waals surface area contributed by atoms with E-state index < -0.39 is 0 Å². The summed E-state index contributed by atoms with van der Waals surface area (Å²) in [6, 6.07) is 1.72. The van der Waals surface area contributed by atoms with Crippen LogP contribution in [0.3, 0.4) is 0 Å². The van der Waals surface area contributed by atoms with E-state index in [4.69, 9.17) is 23.2 Å². The molecule has 0 amide bonds. The van der Waals surface area contributed by atoms with Gasteiger partial charge in [0.05, 0.1) is 9.23 Å². The van der Waals surface area contributed by atoms with Gasteiger partial charge in [0, 0.05) is 0 Å². The number of hydrogen-bond acceptors (Lipinski definition) is 2. The molecule has 0 aliphatic heterocycles. The quantitative estimate of drug-likeness (QED) is 0.588. The number of thiophene rings is 1. The molecule has 0 N–H and O–H groups in total. The summed E-state index contributed by atoms with van der Waals surface area (Å²) in [5, 5.41) is 0.585. The fraction of sp³-hybridized carbons (Fsp3) is 0. The molecule has 1 rings (SSSR count). The third-order valence-electron chi connectivity index (χ3n) is 0.632. The minimum atomic E-state index is 0.585. The molecular weight excluding hydrogens is 183 g/mol. The smallest absolute Gasteiger partial charge is 0.113 e. The molecule has 0 aliphatic carbocycles. The van der Waals surface area contributed by atoms with Gasteiger partial charge in [0.25, 0.3) is 0 Å². The van der Waals surface area contributed by atoms with Crippen LogP contribution in [0, 0.1) is 0 Å². The number of rotatable bonds is 0. The fourth-order valence-corrected chi connectivity index (χ4v) is 2.09. The van der Waals surface area contributed by atoms with Gasteiger partial charge in [-0.2, -0.15) is 0 Å². The zero-order valence-electron chi connectivity index (χ0n) is 3.69. The topological polar surface area (TPSA) is 0 Å². The van der Waals surface area contributed by atoms with E-state index in [1.165, 1.54) is 11.3 Å². The molecule has 1 heterocycles. The number of thiol groups is 1. The van der Waals surface area contributed by atoms with Crippen molar-refractivity contribution in [2.75, 3.05) is 0 Å². The molecule has 0 radical (unpaired) electrons. The zero-order chi connectivity index (χ0) is 6.15. The molecule has 0 nitrogen and oxygen atoms in total. The summed E-state index contributed by atoms with van der Waals surface area (Å²) in [6.45, 7) is 0. The van der Waals surface area contributed by atoms with Crippen molar-refractivity contribution in [3.63, 3.8) is 0 Å². The normalized spacial score (nSPS) is 9.88. The van der Waals surface area contributed by atoms with Crippen molar-refractivity contribution in [2.24, 2.45) is 0 Å². The van der Waals surface area contributed by atoms with Crippen LogP contribution in [0.4, 0.5) is 0 Å². The summed E-state index contributed by atoms with van der Waals surface area (Å²) in [7, 11) is 0. The third-order valence-corrected chi connectivity index (χ3v) is 2.70. The van der Waals surface area contributed by atoms with Gasteiger partial charge in [-0.3, -0.25) is 0 Å². The van der Waals surface area contributed by atoms with Crippen molar-refractivity contribution >= 4 is 47.2 Å². The van der Waals surface area contributed by atoms with Crippen molar-refractivity contribution < 1.29 is 0 Å². The van der Waals surface area contributed by atoms with Crippen LogP contribution in [0.1, 0.15) is 0 Å². The Labute approximate surface area is 66.8 Å². The summed E-state index contributed by atoms with van der Waals surface area (Å²) in [4.78, 5) is 0. The molecule has 0 aromatic carbocycles. The molecule has 1 aromatic rings. The standard InChI is InChI=1S/C4H2Cl2S2/c5-2-1-3(7)8-4(2)6/h1,7H. The van der Waals surface area contributed by atoms with Crippen molar-refractivity contribution in [3.05, 3.63) is 15.4 Å². The summed E-state index contributed by atoms with van der Waals surface area (Å²) in [5.74, 6) is 0. The fourth-order valence-electron chi connectivity index (χ4n) is 0.335. The van der Waals surface area contributed by atoms with Crippen molar-refractivity contribution in [2.45, 2.75) is 4.21 Å². The Bertz CT molecular complexity index is 174. The van der Waals surface area contributed by atoms with Gasteiger partial charge in [-0.15, -0.1) is 24.0 Å². The predicted octanol–water partition coefficient (Wildman–Crippen LogP) is 3.34. The van der Waals surface area contributed by atoms with E-state index in [0.29, 0.717) is 9.36 Å². The molecule has 0 spiro atoms. The minimum absolute atomic E-state index is 0.585. The second-order valence-corrected chi connectivity index (χ2v) is 4.05. The monoisotopic (exact) mass is 184 g/mol. The Morgan fingerprint density at radius 3 is 2.25 bits per heavy atom. The second-order valence-electron chi connectivity index (χ2n) is 1.21. The first-order chi connectivity index (χ1) is 3.70. The summed E-state index contributed by atoms with van der Waals surface area (Å²) >= 11 is 16.5.